The van der Waals surface area contributed by atoms with Gasteiger partial charge in [0.05, 0.1) is 35.8 Å². The molecule has 0 aliphatic carbocycles. The number of halogens is 1. The Kier molecular flexibility index (Phi) is 6.13. The third-order valence-corrected chi connectivity index (χ3v) is 8.73. The topological polar surface area (TPSA) is 96.3 Å². The van der Waals surface area contributed by atoms with E-state index in [0.29, 0.717) is 41.9 Å². The van der Waals surface area contributed by atoms with E-state index in [0.717, 1.165) is 21.7 Å². The van der Waals surface area contributed by atoms with Crippen LogP contribution in [0.15, 0.2) is 58.7 Å². The Morgan fingerprint density at radius 1 is 1.14 bits per heavy atom. The zero-order valence-corrected chi connectivity index (χ0v) is 20.9. The maximum Gasteiger partial charge on any atom is 0.211 e. The van der Waals surface area contributed by atoms with Crippen molar-refractivity contribution in [1.29, 1.82) is 5.26 Å². The predicted molar refractivity (Wildman–Crippen MR) is 131 cm³/mol. The minimum absolute atomic E-state index is 0.104. The Hall–Kier alpha value is -3.20. The first-order valence-corrected chi connectivity index (χ1v) is 13.8. The fraction of sp³-hybridized carbons (Fsp3) is 0.292. The van der Waals surface area contributed by atoms with Gasteiger partial charge in [-0.15, -0.1) is 0 Å². The summed E-state index contributed by atoms with van der Waals surface area (Å²) in [7, 11) is -3.19. The average molecular weight is 511 g/mol. The molecule has 4 aromatic rings. The number of benzene rings is 1. The molecule has 0 spiro atoms. The molecule has 1 aromatic carbocycles. The smallest absolute Gasteiger partial charge is 0.211 e. The lowest BCUT2D eigenvalue weighted by Crippen LogP contribution is -2.38. The van der Waals surface area contributed by atoms with Gasteiger partial charge in [-0.2, -0.15) is 15.5 Å². The van der Waals surface area contributed by atoms with Crippen LogP contribution in [-0.4, -0.2) is 51.5 Å². The lowest BCUT2D eigenvalue weighted by Gasteiger charge is -2.31. The number of hydrogen-bond donors (Lipinski definition) is 0. The monoisotopic (exact) mass is 510 g/mol. The molecule has 8 nitrogen and oxygen atoms in total. The third-order valence-electron chi connectivity index (χ3n) is 6.35. The van der Waals surface area contributed by atoms with Gasteiger partial charge in [0.2, 0.25) is 10.0 Å². The standard InChI is InChI=1S/C24H23FN6O2S2/c1-16-20(14-28-31(16)19-7-9-29(10-8-19)35(2,32)33)17-11-23(34-22-6-4-3-5-21(22)25)24-18(12-26)13-27-30(24)15-17/h3-6,11,13-15,19H,7-10H2,1-2H3. The van der Waals surface area contributed by atoms with E-state index in [1.807, 2.05) is 23.9 Å². The lowest BCUT2D eigenvalue weighted by atomic mass is 10.1. The van der Waals surface area contributed by atoms with Gasteiger partial charge in [0.15, 0.2) is 0 Å². The second-order valence-electron chi connectivity index (χ2n) is 8.57. The molecule has 3 aromatic heterocycles. The fourth-order valence-corrected chi connectivity index (χ4v) is 6.44. The van der Waals surface area contributed by atoms with Gasteiger partial charge >= 0.3 is 0 Å². The van der Waals surface area contributed by atoms with E-state index in [-0.39, 0.29) is 11.9 Å². The number of hydrogen-bond acceptors (Lipinski definition) is 6. The van der Waals surface area contributed by atoms with Crippen molar-refractivity contribution in [2.75, 3.05) is 19.3 Å². The Balaban J connectivity index is 1.52. The number of rotatable bonds is 5. The van der Waals surface area contributed by atoms with Crippen LogP contribution >= 0.6 is 11.8 Å². The quantitative estimate of drug-likeness (QED) is 0.398. The van der Waals surface area contributed by atoms with Crippen LogP contribution < -0.4 is 0 Å². The molecule has 0 bridgehead atoms. The molecule has 11 heteroatoms. The van der Waals surface area contributed by atoms with Crippen LogP contribution in [0.25, 0.3) is 16.6 Å². The van der Waals surface area contributed by atoms with Crippen LogP contribution in [0.5, 0.6) is 0 Å². The van der Waals surface area contributed by atoms with Gasteiger partial charge in [0.1, 0.15) is 11.9 Å². The molecule has 0 saturated carbocycles. The second-order valence-corrected chi connectivity index (χ2v) is 11.6. The highest BCUT2D eigenvalue weighted by Gasteiger charge is 2.27. The van der Waals surface area contributed by atoms with Crippen LogP contribution in [0.4, 0.5) is 4.39 Å². The molecule has 0 N–H and O–H groups in total. The van der Waals surface area contributed by atoms with E-state index in [9.17, 15) is 18.1 Å². The molecule has 1 saturated heterocycles. The van der Waals surface area contributed by atoms with E-state index in [4.69, 9.17) is 0 Å². The molecular weight excluding hydrogens is 487 g/mol. The first-order valence-electron chi connectivity index (χ1n) is 11.1. The van der Waals surface area contributed by atoms with E-state index < -0.39 is 10.0 Å². The summed E-state index contributed by atoms with van der Waals surface area (Å²) >= 11 is 1.25. The van der Waals surface area contributed by atoms with Crippen LogP contribution in [0, 0.1) is 24.1 Å². The maximum absolute atomic E-state index is 14.4. The highest BCUT2D eigenvalue weighted by molar-refractivity contribution is 7.99. The molecule has 4 heterocycles. The van der Waals surface area contributed by atoms with E-state index >= 15 is 0 Å². The Labute approximate surface area is 207 Å². The number of nitrogens with zero attached hydrogens (tertiary/aromatic N) is 6. The van der Waals surface area contributed by atoms with Crippen molar-refractivity contribution >= 4 is 27.3 Å². The van der Waals surface area contributed by atoms with Gasteiger partial charge < -0.3 is 0 Å². The van der Waals surface area contributed by atoms with E-state index in [1.165, 1.54) is 34.6 Å². The second kappa shape index (κ2) is 9.11. The summed E-state index contributed by atoms with van der Waals surface area (Å²) in [4.78, 5) is 1.18. The highest BCUT2D eigenvalue weighted by atomic mass is 32.2. The molecule has 1 fully saturated rings. The van der Waals surface area contributed by atoms with Crippen LogP contribution in [-0.2, 0) is 10.0 Å². The van der Waals surface area contributed by atoms with Gasteiger partial charge in [0.25, 0.3) is 0 Å². The van der Waals surface area contributed by atoms with Crippen LogP contribution in [0.2, 0.25) is 0 Å². The van der Waals surface area contributed by atoms with Gasteiger partial charge in [-0.25, -0.2) is 21.6 Å². The van der Waals surface area contributed by atoms with Crippen LogP contribution in [0.3, 0.4) is 0 Å². The summed E-state index contributed by atoms with van der Waals surface area (Å²) in [5.41, 5.74) is 3.75. The molecule has 0 amide bonds. The molecule has 35 heavy (non-hydrogen) atoms. The number of pyridine rings is 1. The highest BCUT2D eigenvalue weighted by Crippen LogP contribution is 2.38. The van der Waals surface area contributed by atoms with Gasteiger partial charge in [-0.05, 0) is 38.0 Å². The molecule has 0 unspecified atom stereocenters. The maximum atomic E-state index is 14.4. The third kappa shape index (κ3) is 4.45. The van der Waals surface area contributed by atoms with Crippen molar-refractivity contribution < 1.29 is 12.8 Å². The largest absolute Gasteiger partial charge is 0.266 e. The molecule has 5 rings (SSSR count). The minimum atomic E-state index is -3.19. The zero-order chi connectivity index (χ0) is 24.7. The number of fused-ring (bicyclic) bond motifs is 1. The molecular formula is C24H23FN6O2S2. The van der Waals surface area contributed by atoms with E-state index in [1.54, 1.807) is 28.9 Å². The first kappa shape index (κ1) is 23.5. The molecule has 1 aliphatic rings. The van der Waals surface area contributed by atoms with Gasteiger partial charge in [-0.3, -0.25) is 4.68 Å². The summed E-state index contributed by atoms with van der Waals surface area (Å²) in [6.07, 6.45) is 7.77. The number of aromatic nitrogens is 4. The van der Waals surface area contributed by atoms with Crippen molar-refractivity contribution in [2.24, 2.45) is 0 Å². The fourth-order valence-electron chi connectivity index (χ4n) is 4.53. The van der Waals surface area contributed by atoms with Gasteiger partial charge in [0, 0.05) is 45.9 Å². The van der Waals surface area contributed by atoms with Crippen molar-refractivity contribution in [1.82, 2.24) is 23.7 Å². The first-order chi connectivity index (χ1) is 16.8. The minimum Gasteiger partial charge on any atom is -0.266 e. The van der Waals surface area contributed by atoms with E-state index in [2.05, 4.69) is 16.3 Å². The van der Waals surface area contributed by atoms with Crippen molar-refractivity contribution in [2.45, 2.75) is 35.6 Å². The summed E-state index contributed by atoms with van der Waals surface area (Å²) in [5.74, 6) is -0.330. The average Bonchev–Trinajstić information content (AvgIpc) is 3.43. The van der Waals surface area contributed by atoms with Crippen molar-refractivity contribution in [3.63, 3.8) is 0 Å². The normalized spacial score (nSPS) is 15.5. The Morgan fingerprint density at radius 3 is 2.57 bits per heavy atom. The lowest BCUT2D eigenvalue weighted by molar-refractivity contribution is 0.260. The molecule has 0 radical (unpaired) electrons. The summed E-state index contributed by atoms with van der Waals surface area (Å²) < 4.78 is 43.2. The SMILES string of the molecule is Cc1c(-c2cc(Sc3ccccc3F)c3c(C#N)cnn3c2)cnn1C1CCN(S(C)(=O)=O)CC1. The molecule has 0 atom stereocenters. The predicted octanol–water partition coefficient (Wildman–Crippen LogP) is 4.26. The summed E-state index contributed by atoms with van der Waals surface area (Å²) in [6.45, 7) is 2.93. The van der Waals surface area contributed by atoms with Gasteiger partial charge in [-0.1, -0.05) is 23.9 Å². The Morgan fingerprint density at radius 2 is 1.89 bits per heavy atom. The Bertz CT molecular complexity index is 1560. The summed E-state index contributed by atoms with van der Waals surface area (Å²) in [6, 6.07) is 10.7. The molecule has 180 valence electrons. The van der Waals surface area contributed by atoms with Crippen LogP contribution in [0.1, 0.15) is 30.1 Å². The number of sulfonamides is 1. The summed E-state index contributed by atoms with van der Waals surface area (Å²) in [5, 5.41) is 18.6. The number of piperidine rings is 1. The van der Waals surface area contributed by atoms with Crippen molar-refractivity contribution in [3.8, 4) is 17.2 Å². The van der Waals surface area contributed by atoms with Crippen molar-refractivity contribution in [3.05, 3.63) is 66.0 Å². The zero-order valence-electron chi connectivity index (χ0n) is 19.2. The number of nitriles is 1. The molecule has 1 aliphatic heterocycles.